The van der Waals surface area contributed by atoms with E-state index in [1.54, 1.807) is 41.9 Å². The zero-order valence-electron chi connectivity index (χ0n) is 15.1. The van der Waals surface area contributed by atoms with E-state index in [-0.39, 0.29) is 11.5 Å². The van der Waals surface area contributed by atoms with Gasteiger partial charge in [-0.3, -0.25) is 19.5 Å². The van der Waals surface area contributed by atoms with Gasteiger partial charge in [0.05, 0.1) is 16.1 Å². The zero-order valence-corrected chi connectivity index (χ0v) is 16.7. The average molecular weight is 412 g/mol. The minimum atomic E-state index is -0.865. The van der Waals surface area contributed by atoms with Crippen LogP contribution in [0.2, 0.25) is 0 Å². The van der Waals surface area contributed by atoms with Crippen molar-refractivity contribution in [3.63, 3.8) is 0 Å². The number of hydrogen-bond acceptors (Lipinski definition) is 8. The van der Waals surface area contributed by atoms with Crippen molar-refractivity contribution in [1.29, 1.82) is 0 Å². The second kappa shape index (κ2) is 7.25. The summed E-state index contributed by atoms with van der Waals surface area (Å²) in [5.74, 6) is -1.50. The fraction of sp³-hybridized carbons (Fsp3) is 0.211. The van der Waals surface area contributed by atoms with E-state index in [0.29, 0.717) is 15.7 Å². The van der Waals surface area contributed by atoms with Crippen LogP contribution in [0.15, 0.2) is 53.2 Å². The standard InChI is InChI=1S/C19H16N4O3S2/c1-10(2)17-21-22-19(28-17)23-14(11-6-3-4-8-20-11)13(16(25)18(23)26)15(24)12-7-5-9-27-12/h3-10,14,25H,1-2H3/t14-/m1/s1. The third-order valence-corrected chi connectivity index (χ3v) is 6.39. The number of hydrogen-bond donors (Lipinski definition) is 1. The number of nitrogens with zero attached hydrogens (tertiary/aromatic N) is 4. The first-order valence-corrected chi connectivity index (χ1v) is 10.3. The molecular weight excluding hydrogens is 396 g/mol. The predicted octanol–water partition coefficient (Wildman–Crippen LogP) is 3.90. The summed E-state index contributed by atoms with van der Waals surface area (Å²) in [5, 5.41) is 21.7. The molecular formula is C19H16N4O3S2. The molecule has 0 radical (unpaired) electrons. The number of carbonyl (C=O) groups excluding carboxylic acids is 2. The second-order valence-electron chi connectivity index (χ2n) is 6.48. The highest BCUT2D eigenvalue weighted by Crippen LogP contribution is 2.42. The maximum atomic E-state index is 13.1. The van der Waals surface area contributed by atoms with Crippen LogP contribution >= 0.6 is 22.7 Å². The van der Waals surface area contributed by atoms with Crippen molar-refractivity contribution in [2.24, 2.45) is 0 Å². The van der Waals surface area contributed by atoms with Crippen LogP contribution in [0.3, 0.4) is 0 Å². The fourth-order valence-corrected chi connectivity index (χ4v) is 4.50. The van der Waals surface area contributed by atoms with Gasteiger partial charge in [-0.05, 0) is 23.6 Å². The van der Waals surface area contributed by atoms with E-state index < -0.39 is 23.5 Å². The number of ketones is 1. The zero-order chi connectivity index (χ0) is 19.8. The molecule has 0 saturated heterocycles. The van der Waals surface area contributed by atoms with Gasteiger partial charge >= 0.3 is 0 Å². The first-order valence-electron chi connectivity index (χ1n) is 8.58. The van der Waals surface area contributed by atoms with Gasteiger partial charge in [0.2, 0.25) is 10.9 Å². The van der Waals surface area contributed by atoms with E-state index in [0.717, 1.165) is 5.01 Å². The molecule has 1 N–H and O–H groups in total. The first-order chi connectivity index (χ1) is 13.5. The third-order valence-electron chi connectivity index (χ3n) is 4.30. The fourth-order valence-electron chi connectivity index (χ4n) is 2.95. The van der Waals surface area contributed by atoms with Crippen LogP contribution in [0.1, 0.15) is 46.2 Å². The number of Topliss-reactive ketones (excluding diaryl/α,β-unsaturated/α-hetero) is 1. The molecule has 0 bridgehead atoms. The summed E-state index contributed by atoms with van der Waals surface area (Å²) in [6, 6.07) is 7.79. The Morgan fingerprint density at radius 1 is 1.21 bits per heavy atom. The van der Waals surface area contributed by atoms with Crippen LogP contribution in [0.4, 0.5) is 5.13 Å². The summed E-state index contributed by atoms with van der Waals surface area (Å²) in [6.45, 7) is 3.96. The number of aliphatic hydroxyl groups is 1. The molecule has 0 saturated carbocycles. The van der Waals surface area contributed by atoms with Gasteiger partial charge in [0.25, 0.3) is 5.91 Å². The number of aromatic nitrogens is 3. The van der Waals surface area contributed by atoms with E-state index in [1.165, 1.54) is 27.6 Å². The smallest absolute Gasteiger partial charge is 0.296 e. The van der Waals surface area contributed by atoms with Crippen LogP contribution in [-0.4, -0.2) is 32.0 Å². The van der Waals surface area contributed by atoms with E-state index in [2.05, 4.69) is 15.2 Å². The lowest BCUT2D eigenvalue weighted by Crippen LogP contribution is -2.31. The number of rotatable bonds is 5. The van der Waals surface area contributed by atoms with Crippen molar-refractivity contribution in [2.75, 3.05) is 4.90 Å². The summed E-state index contributed by atoms with van der Waals surface area (Å²) in [4.78, 5) is 32.1. The molecule has 0 aromatic carbocycles. The number of aliphatic hydroxyl groups excluding tert-OH is 1. The molecule has 0 fully saturated rings. The van der Waals surface area contributed by atoms with E-state index in [1.807, 2.05) is 13.8 Å². The highest BCUT2D eigenvalue weighted by molar-refractivity contribution is 7.15. The first kappa shape index (κ1) is 18.5. The second-order valence-corrected chi connectivity index (χ2v) is 8.41. The number of carbonyl (C=O) groups is 2. The lowest BCUT2D eigenvalue weighted by molar-refractivity contribution is -0.117. The van der Waals surface area contributed by atoms with Crippen LogP contribution < -0.4 is 4.90 Å². The van der Waals surface area contributed by atoms with Crippen molar-refractivity contribution in [3.05, 3.63) is 68.8 Å². The van der Waals surface area contributed by atoms with Gasteiger partial charge < -0.3 is 5.11 Å². The molecule has 0 spiro atoms. The summed E-state index contributed by atoms with van der Waals surface area (Å²) < 4.78 is 0. The minimum Gasteiger partial charge on any atom is -0.503 e. The molecule has 1 amide bonds. The van der Waals surface area contributed by atoms with Crippen LogP contribution in [0.25, 0.3) is 0 Å². The number of pyridine rings is 1. The quantitative estimate of drug-likeness (QED) is 0.639. The van der Waals surface area contributed by atoms with E-state index in [4.69, 9.17) is 0 Å². The Morgan fingerprint density at radius 3 is 2.64 bits per heavy atom. The van der Waals surface area contributed by atoms with Crippen molar-refractivity contribution < 1.29 is 14.7 Å². The Bertz CT molecular complexity index is 1060. The van der Waals surface area contributed by atoms with Crippen molar-refractivity contribution >= 4 is 39.5 Å². The molecule has 0 unspecified atom stereocenters. The Hall–Kier alpha value is -2.91. The molecule has 4 heterocycles. The summed E-state index contributed by atoms with van der Waals surface area (Å²) >= 11 is 2.52. The lowest BCUT2D eigenvalue weighted by atomic mass is 9.99. The molecule has 3 aromatic heterocycles. The Morgan fingerprint density at radius 2 is 2.04 bits per heavy atom. The molecule has 9 heteroatoms. The summed E-state index contributed by atoms with van der Waals surface area (Å²) in [7, 11) is 0. The minimum absolute atomic E-state index is 0.00690. The van der Waals surface area contributed by atoms with Crippen LogP contribution in [-0.2, 0) is 4.79 Å². The summed E-state index contributed by atoms with van der Waals surface area (Å²) in [6.07, 6.45) is 1.58. The predicted molar refractivity (Wildman–Crippen MR) is 107 cm³/mol. The molecule has 1 aliphatic rings. The Balaban J connectivity index is 1.85. The number of anilines is 1. The van der Waals surface area contributed by atoms with Crippen LogP contribution in [0, 0.1) is 0 Å². The number of thiophene rings is 1. The van der Waals surface area contributed by atoms with E-state index in [9.17, 15) is 14.7 Å². The van der Waals surface area contributed by atoms with E-state index >= 15 is 0 Å². The van der Waals surface area contributed by atoms with Gasteiger partial charge in [0.15, 0.2) is 5.76 Å². The highest BCUT2D eigenvalue weighted by Gasteiger charge is 2.46. The normalized spacial score (nSPS) is 17.0. The Labute approximate surface area is 169 Å². The van der Waals surface area contributed by atoms with Gasteiger partial charge in [-0.2, -0.15) is 0 Å². The Kier molecular flexibility index (Phi) is 4.78. The molecule has 0 aliphatic carbocycles. The van der Waals surface area contributed by atoms with Gasteiger partial charge in [-0.1, -0.05) is 37.3 Å². The number of amides is 1. The monoisotopic (exact) mass is 412 g/mol. The maximum Gasteiger partial charge on any atom is 0.296 e. The molecule has 1 atom stereocenters. The highest BCUT2D eigenvalue weighted by atomic mass is 32.1. The van der Waals surface area contributed by atoms with Gasteiger partial charge in [0.1, 0.15) is 11.0 Å². The third kappa shape index (κ3) is 3.02. The molecule has 28 heavy (non-hydrogen) atoms. The average Bonchev–Trinajstić information content (AvgIpc) is 3.43. The van der Waals surface area contributed by atoms with Crippen molar-refractivity contribution in [3.8, 4) is 0 Å². The molecule has 3 aromatic rings. The van der Waals surface area contributed by atoms with Crippen molar-refractivity contribution in [2.45, 2.75) is 25.8 Å². The molecule has 7 nitrogen and oxygen atoms in total. The molecule has 4 rings (SSSR count). The van der Waals surface area contributed by atoms with Gasteiger partial charge in [-0.15, -0.1) is 21.5 Å². The molecule has 1 aliphatic heterocycles. The topological polar surface area (TPSA) is 96.3 Å². The largest absolute Gasteiger partial charge is 0.503 e. The lowest BCUT2D eigenvalue weighted by Gasteiger charge is -2.22. The van der Waals surface area contributed by atoms with Crippen LogP contribution in [0.5, 0.6) is 0 Å². The van der Waals surface area contributed by atoms with Crippen molar-refractivity contribution in [1.82, 2.24) is 15.2 Å². The van der Waals surface area contributed by atoms with Gasteiger partial charge in [0, 0.05) is 12.1 Å². The SMILES string of the molecule is CC(C)c1nnc(N2C(=O)C(O)=C(C(=O)c3cccs3)[C@H]2c2ccccn2)s1. The maximum absolute atomic E-state index is 13.1. The molecule has 142 valence electrons. The summed E-state index contributed by atoms with van der Waals surface area (Å²) in [5.41, 5.74) is 0.480. The van der Waals surface area contributed by atoms with Gasteiger partial charge in [-0.25, -0.2) is 0 Å².